The predicted octanol–water partition coefficient (Wildman–Crippen LogP) is 13.6. The summed E-state index contributed by atoms with van der Waals surface area (Å²) < 4.78 is 10.7. The molecular weight excluding hydrogens is 709 g/mol. The number of benzene rings is 8. The SMILES string of the molecule is CC1(C)c2ccccc2-c2ccc3c4ccccc4n(-c4ccc(-c5cc(-c6ccc(-n7c8ccccc8c8ccccc87)cc6)c6oc(=O)ccc6c5)cc4)c3c21. The molecule has 0 saturated carbocycles. The van der Waals surface area contributed by atoms with Crippen LogP contribution in [0.4, 0.5) is 0 Å². The Hall–Kier alpha value is -7.43. The summed E-state index contributed by atoms with van der Waals surface area (Å²) in [7, 11) is 0. The first kappa shape index (κ1) is 32.8. The van der Waals surface area contributed by atoms with Gasteiger partial charge >= 0.3 is 5.63 Å². The highest BCUT2D eigenvalue weighted by Crippen LogP contribution is 2.53. The van der Waals surface area contributed by atoms with Gasteiger partial charge in [0.2, 0.25) is 0 Å². The lowest BCUT2D eigenvalue weighted by Gasteiger charge is -2.23. The first-order valence-electron chi connectivity index (χ1n) is 19.9. The Morgan fingerprint density at radius 1 is 0.448 bits per heavy atom. The van der Waals surface area contributed by atoms with Crippen LogP contribution in [0.3, 0.4) is 0 Å². The molecule has 0 fully saturated rings. The molecule has 4 heteroatoms. The van der Waals surface area contributed by atoms with Gasteiger partial charge in [0, 0.05) is 55.4 Å². The van der Waals surface area contributed by atoms with Crippen molar-refractivity contribution in [2.75, 3.05) is 0 Å². The van der Waals surface area contributed by atoms with E-state index in [1.807, 2.05) is 6.07 Å². The molecule has 0 N–H and O–H groups in total. The summed E-state index contributed by atoms with van der Waals surface area (Å²) in [5, 5.41) is 5.85. The summed E-state index contributed by atoms with van der Waals surface area (Å²) in [6.45, 7) is 4.72. The maximum Gasteiger partial charge on any atom is 0.336 e. The summed E-state index contributed by atoms with van der Waals surface area (Å²) in [6.07, 6.45) is 0. The van der Waals surface area contributed by atoms with E-state index in [2.05, 4.69) is 193 Å². The molecule has 3 aromatic heterocycles. The second-order valence-corrected chi connectivity index (χ2v) is 16.1. The van der Waals surface area contributed by atoms with Gasteiger partial charge in [-0.2, -0.15) is 0 Å². The molecule has 0 unspecified atom stereocenters. The molecule has 58 heavy (non-hydrogen) atoms. The summed E-state index contributed by atoms with van der Waals surface area (Å²) >= 11 is 0. The average molecular weight is 745 g/mol. The first-order valence-corrected chi connectivity index (χ1v) is 19.9. The first-order chi connectivity index (χ1) is 28.4. The number of hydrogen-bond donors (Lipinski definition) is 0. The Morgan fingerprint density at radius 3 is 1.71 bits per heavy atom. The van der Waals surface area contributed by atoms with Crippen molar-refractivity contribution in [2.45, 2.75) is 19.3 Å². The van der Waals surface area contributed by atoms with E-state index in [9.17, 15) is 4.79 Å². The Balaban J connectivity index is 0.990. The number of hydrogen-bond acceptors (Lipinski definition) is 2. The van der Waals surface area contributed by atoms with Crippen LogP contribution >= 0.6 is 0 Å². The third-order valence-electron chi connectivity index (χ3n) is 12.5. The summed E-state index contributed by atoms with van der Waals surface area (Å²) in [6, 6.07) is 64.5. The minimum atomic E-state index is -0.364. The van der Waals surface area contributed by atoms with Gasteiger partial charge in [0.05, 0.1) is 22.1 Å². The molecule has 0 saturated heterocycles. The van der Waals surface area contributed by atoms with Crippen LogP contribution in [0.15, 0.2) is 191 Å². The molecule has 0 aliphatic heterocycles. The third-order valence-corrected chi connectivity index (χ3v) is 12.5. The van der Waals surface area contributed by atoms with Crippen LogP contribution in [0.1, 0.15) is 25.0 Å². The smallest absolute Gasteiger partial charge is 0.336 e. The fraction of sp³-hybridized carbons (Fsp3) is 0.0556. The fourth-order valence-corrected chi connectivity index (χ4v) is 9.94. The van der Waals surface area contributed by atoms with Crippen molar-refractivity contribution in [3.05, 3.63) is 204 Å². The summed E-state index contributed by atoms with van der Waals surface area (Å²) in [5.74, 6) is 0. The zero-order valence-corrected chi connectivity index (χ0v) is 32.0. The third kappa shape index (κ3) is 4.60. The molecule has 12 rings (SSSR count). The van der Waals surface area contributed by atoms with E-state index in [1.165, 1.54) is 60.9 Å². The van der Waals surface area contributed by atoms with Gasteiger partial charge in [-0.1, -0.05) is 129 Å². The maximum absolute atomic E-state index is 12.6. The van der Waals surface area contributed by atoms with E-state index in [0.29, 0.717) is 5.58 Å². The topological polar surface area (TPSA) is 40.1 Å². The average Bonchev–Trinajstić information content (AvgIpc) is 3.87. The highest BCUT2D eigenvalue weighted by atomic mass is 16.4. The van der Waals surface area contributed by atoms with Crippen LogP contribution in [0, 0.1) is 0 Å². The van der Waals surface area contributed by atoms with Gasteiger partial charge < -0.3 is 13.6 Å². The molecule has 11 aromatic rings. The Labute approximate surface area is 334 Å². The zero-order valence-electron chi connectivity index (χ0n) is 32.0. The molecule has 8 aromatic carbocycles. The Kier molecular flexibility index (Phi) is 6.80. The minimum absolute atomic E-state index is 0.157. The number of para-hydroxylation sites is 3. The van der Waals surface area contributed by atoms with Crippen molar-refractivity contribution in [2.24, 2.45) is 0 Å². The lowest BCUT2D eigenvalue weighted by molar-refractivity contribution is 0.562. The molecule has 3 heterocycles. The molecule has 1 aliphatic rings. The largest absolute Gasteiger partial charge is 0.422 e. The second kappa shape index (κ2) is 12.0. The number of fused-ring (bicyclic) bond motifs is 11. The molecule has 0 spiro atoms. The van der Waals surface area contributed by atoms with Crippen molar-refractivity contribution in [1.29, 1.82) is 0 Å². The van der Waals surface area contributed by atoms with Crippen molar-refractivity contribution in [1.82, 2.24) is 9.13 Å². The molecular formula is C54H36N2O2. The van der Waals surface area contributed by atoms with Gasteiger partial charge in [0.25, 0.3) is 0 Å². The van der Waals surface area contributed by atoms with Crippen molar-refractivity contribution >= 4 is 54.6 Å². The van der Waals surface area contributed by atoms with Crippen LogP contribution < -0.4 is 5.63 Å². The lowest BCUT2D eigenvalue weighted by Crippen LogP contribution is -2.16. The Morgan fingerprint density at radius 2 is 1.02 bits per heavy atom. The van der Waals surface area contributed by atoms with Gasteiger partial charge in [0.15, 0.2) is 0 Å². The van der Waals surface area contributed by atoms with Crippen molar-refractivity contribution in [3.8, 4) is 44.8 Å². The quantitative estimate of drug-likeness (QED) is 0.168. The van der Waals surface area contributed by atoms with E-state index in [-0.39, 0.29) is 11.0 Å². The highest BCUT2D eigenvalue weighted by Gasteiger charge is 2.38. The molecule has 4 nitrogen and oxygen atoms in total. The van der Waals surface area contributed by atoms with E-state index in [4.69, 9.17) is 4.42 Å². The standard InChI is InChI=1S/C54H36N2O2/c1-54(2)46-15-7-3-11-39(46)43-28-29-44-42-14-6-10-18-49(42)56(52(44)51(43)54)38-24-19-33(20-25-38)36-31-35-23-30-50(57)58-53(35)45(32-36)34-21-26-37(27-22-34)55-47-16-8-4-12-40(47)41-13-5-9-17-48(41)55/h3-32H,1-2H3. The molecule has 0 bridgehead atoms. The van der Waals surface area contributed by atoms with Crippen molar-refractivity contribution in [3.63, 3.8) is 0 Å². The molecule has 1 aliphatic carbocycles. The monoisotopic (exact) mass is 744 g/mol. The fourth-order valence-electron chi connectivity index (χ4n) is 9.94. The van der Waals surface area contributed by atoms with Gasteiger partial charge in [-0.15, -0.1) is 0 Å². The van der Waals surface area contributed by atoms with Crippen LogP contribution in [0.5, 0.6) is 0 Å². The normalized spacial score (nSPS) is 13.2. The number of aromatic nitrogens is 2. The number of rotatable bonds is 4. The Bertz CT molecular complexity index is 3490. The number of nitrogens with zero attached hydrogens (tertiary/aromatic N) is 2. The molecule has 0 amide bonds. The van der Waals surface area contributed by atoms with Crippen LogP contribution in [0.2, 0.25) is 0 Å². The van der Waals surface area contributed by atoms with Gasteiger partial charge in [-0.3, -0.25) is 0 Å². The van der Waals surface area contributed by atoms with E-state index < -0.39 is 0 Å². The van der Waals surface area contributed by atoms with E-state index >= 15 is 0 Å². The van der Waals surface area contributed by atoms with Crippen LogP contribution in [0.25, 0.3) is 99.3 Å². The molecule has 274 valence electrons. The molecule has 0 radical (unpaired) electrons. The van der Waals surface area contributed by atoms with E-state index in [1.54, 1.807) is 0 Å². The minimum Gasteiger partial charge on any atom is -0.422 e. The van der Waals surface area contributed by atoms with E-state index in [0.717, 1.165) is 50.0 Å². The van der Waals surface area contributed by atoms with Gasteiger partial charge in [0.1, 0.15) is 5.58 Å². The maximum atomic E-state index is 12.6. The summed E-state index contributed by atoms with van der Waals surface area (Å²) in [4.78, 5) is 12.6. The molecule has 0 atom stereocenters. The highest BCUT2D eigenvalue weighted by molar-refractivity contribution is 6.13. The van der Waals surface area contributed by atoms with Gasteiger partial charge in [-0.05, 0) is 99.6 Å². The second-order valence-electron chi connectivity index (χ2n) is 16.1. The predicted molar refractivity (Wildman–Crippen MR) is 240 cm³/mol. The summed E-state index contributed by atoms with van der Waals surface area (Å²) in [5.41, 5.74) is 16.4. The van der Waals surface area contributed by atoms with Crippen molar-refractivity contribution < 1.29 is 4.42 Å². The van der Waals surface area contributed by atoms with Crippen LogP contribution in [-0.4, -0.2) is 9.13 Å². The zero-order chi connectivity index (χ0) is 38.7. The van der Waals surface area contributed by atoms with Gasteiger partial charge in [-0.25, -0.2) is 4.79 Å². The lowest BCUT2D eigenvalue weighted by atomic mass is 9.81. The van der Waals surface area contributed by atoms with Crippen LogP contribution in [-0.2, 0) is 5.41 Å².